The molecule has 0 unspecified atom stereocenters. The second-order valence-electron chi connectivity index (χ2n) is 3.31. The van der Waals surface area contributed by atoms with Crippen LogP contribution in [0.5, 0.6) is 0 Å². The van der Waals surface area contributed by atoms with Gasteiger partial charge in [-0.15, -0.1) is 11.3 Å². The molecule has 0 fully saturated rings. The molecule has 0 atom stereocenters. The van der Waals surface area contributed by atoms with Crippen molar-refractivity contribution >= 4 is 28.8 Å². The van der Waals surface area contributed by atoms with Crippen LogP contribution in [-0.4, -0.2) is 17.0 Å². The van der Waals surface area contributed by atoms with Gasteiger partial charge in [-0.2, -0.15) is 13.2 Å². The van der Waals surface area contributed by atoms with Crippen LogP contribution < -0.4 is 5.32 Å². The number of anilines is 1. The molecule has 18 heavy (non-hydrogen) atoms. The summed E-state index contributed by atoms with van der Waals surface area (Å²) in [4.78, 5) is 7.45. The SMILES string of the molecule is CNc1cc(-c2ccc(Cl)s2)nc(C(F)(F)F)n1. The maximum atomic E-state index is 12.6. The number of aromatic nitrogens is 2. The van der Waals surface area contributed by atoms with Crippen molar-refractivity contribution in [1.82, 2.24) is 9.97 Å². The second kappa shape index (κ2) is 4.74. The second-order valence-corrected chi connectivity index (χ2v) is 5.03. The maximum Gasteiger partial charge on any atom is 0.451 e. The maximum absolute atomic E-state index is 12.6. The Morgan fingerprint density at radius 1 is 1.28 bits per heavy atom. The Labute approximate surface area is 110 Å². The number of thiophene rings is 1. The van der Waals surface area contributed by atoms with E-state index >= 15 is 0 Å². The van der Waals surface area contributed by atoms with Crippen molar-refractivity contribution in [2.24, 2.45) is 0 Å². The predicted octanol–water partition coefficient (Wildman–Crippen LogP) is 3.92. The van der Waals surface area contributed by atoms with Crippen LogP contribution in [0.1, 0.15) is 5.82 Å². The molecule has 0 saturated heterocycles. The molecule has 2 rings (SSSR count). The first-order chi connectivity index (χ1) is 8.40. The molecule has 0 aliphatic heterocycles. The Hall–Kier alpha value is -1.34. The van der Waals surface area contributed by atoms with Gasteiger partial charge >= 0.3 is 6.18 Å². The fraction of sp³-hybridized carbons (Fsp3) is 0.200. The van der Waals surface area contributed by atoms with Gasteiger partial charge in [-0.05, 0) is 12.1 Å². The van der Waals surface area contributed by atoms with E-state index in [0.717, 1.165) is 11.3 Å². The quantitative estimate of drug-likeness (QED) is 0.912. The summed E-state index contributed by atoms with van der Waals surface area (Å²) in [5, 5.41) is 2.58. The lowest BCUT2D eigenvalue weighted by Crippen LogP contribution is -2.12. The predicted molar refractivity (Wildman–Crippen MR) is 64.9 cm³/mol. The van der Waals surface area contributed by atoms with Gasteiger partial charge in [0.1, 0.15) is 5.82 Å². The zero-order valence-corrected chi connectivity index (χ0v) is 10.6. The molecular formula is C10H7ClF3N3S. The molecule has 0 aromatic carbocycles. The molecule has 0 radical (unpaired) electrons. The molecule has 2 aromatic heterocycles. The Morgan fingerprint density at radius 2 is 2.00 bits per heavy atom. The number of nitrogens with zero attached hydrogens (tertiary/aromatic N) is 2. The average molecular weight is 294 g/mol. The molecule has 1 N–H and O–H groups in total. The third-order valence-corrected chi connectivity index (χ3v) is 3.32. The van der Waals surface area contributed by atoms with Gasteiger partial charge in [0.2, 0.25) is 5.82 Å². The number of hydrogen-bond donors (Lipinski definition) is 1. The molecule has 96 valence electrons. The lowest BCUT2D eigenvalue weighted by Gasteiger charge is -2.08. The molecule has 0 amide bonds. The van der Waals surface area contributed by atoms with Crippen LogP contribution in [-0.2, 0) is 6.18 Å². The number of rotatable bonds is 2. The molecule has 2 heterocycles. The van der Waals surface area contributed by atoms with E-state index in [1.807, 2.05) is 0 Å². The highest BCUT2D eigenvalue weighted by Crippen LogP contribution is 2.33. The van der Waals surface area contributed by atoms with Crippen LogP contribution in [0.2, 0.25) is 4.34 Å². The summed E-state index contributed by atoms with van der Waals surface area (Å²) in [6, 6.07) is 4.67. The largest absolute Gasteiger partial charge is 0.451 e. The van der Waals surface area contributed by atoms with Crippen molar-refractivity contribution in [3.63, 3.8) is 0 Å². The van der Waals surface area contributed by atoms with Gasteiger partial charge in [0.25, 0.3) is 0 Å². The number of hydrogen-bond acceptors (Lipinski definition) is 4. The zero-order chi connectivity index (χ0) is 13.3. The van der Waals surface area contributed by atoms with E-state index in [-0.39, 0.29) is 11.5 Å². The third-order valence-electron chi connectivity index (χ3n) is 2.06. The summed E-state index contributed by atoms with van der Waals surface area (Å²) in [6.45, 7) is 0. The monoisotopic (exact) mass is 293 g/mol. The van der Waals surface area contributed by atoms with Crippen LogP contribution in [0.25, 0.3) is 10.6 Å². The molecule has 2 aromatic rings. The van der Waals surface area contributed by atoms with Crippen molar-refractivity contribution in [1.29, 1.82) is 0 Å². The highest BCUT2D eigenvalue weighted by atomic mass is 35.5. The van der Waals surface area contributed by atoms with Crippen LogP contribution in [0.3, 0.4) is 0 Å². The summed E-state index contributed by atoms with van der Waals surface area (Å²) < 4.78 is 38.4. The van der Waals surface area contributed by atoms with Gasteiger partial charge in [0, 0.05) is 13.1 Å². The van der Waals surface area contributed by atoms with E-state index in [4.69, 9.17) is 11.6 Å². The normalized spacial score (nSPS) is 11.6. The van der Waals surface area contributed by atoms with Crippen LogP contribution in [0, 0.1) is 0 Å². The first-order valence-electron chi connectivity index (χ1n) is 4.80. The van der Waals surface area contributed by atoms with Gasteiger partial charge in [0.05, 0.1) is 14.9 Å². The fourth-order valence-corrected chi connectivity index (χ4v) is 2.28. The van der Waals surface area contributed by atoms with Gasteiger partial charge in [0.15, 0.2) is 0 Å². The molecule has 0 bridgehead atoms. The summed E-state index contributed by atoms with van der Waals surface area (Å²) in [5.74, 6) is -1.06. The van der Waals surface area contributed by atoms with Gasteiger partial charge in [-0.25, -0.2) is 9.97 Å². The van der Waals surface area contributed by atoms with E-state index < -0.39 is 12.0 Å². The smallest absolute Gasteiger partial charge is 0.373 e. The molecular weight excluding hydrogens is 287 g/mol. The Bertz CT molecular complexity index is 568. The number of alkyl halides is 3. The van der Waals surface area contributed by atoms with Crippen LogP contribution in [0.15, 0.2) is 18.2 Å². The molecule has 0 saturated carbocycles. The highest BCUT2D eigenvalue weighted by Gasteiger charge is 2.35. The lowest BCUT2D eigenvalue weighted by atomic mass is 10.3. The Balaban J connectivity index is 2.54. The first kappa shape index (κ1) is 13.1. The number of halogens is 4. The summed E-state index contributed by atoms with van der Waals surface area (Å²) in [7, 11) is 1.49. The molecule has 3 nitrogen and oxygen atoms in total. The van der Waals surface area contributed by atoms with Crippen molar-refractivity contribution in [3.05, 3.63) is 28.4 Å². The topological polar surface area (TPSA) is 37.8 Å². The summed E-state index contributed by atoms with van der Waals surface area (Å²) in [5.41, 5.74) is 0.193. The van der Waals surface area contributed by atoms with E-state index in [1.54, 1.807) is 12.1 Å². The van der Waals surface area contributed by atoms with Crippen LogP contribution in [0.4, 0.5) is 19.0 Å². The van der Waals surface area contributed by atoms with Gasteiger partial charge in [-0.1, -0.05) is 11.6 Å². The minimum Gasteiger partial charge on any atom is -0.373 e. The Kier molecular flexibility index (Phi) is 3.45. The summed E-state index contributed by atoms with van der Waals surface area (Å²) >= 11 is 6.91. The van der Waals surface area contributed by atoms with Crippen molar-refractivity contribution in [2.45, 2.75) is 6.18 Å². The van der Waals surface area contributed by atoms with Gasteiger partial charge < -0.3 is 5.32 Å². The molecule has 8 heteroatoms. The zero-order valence-electron chi connectivity index (χ0n) is 9.05. The van der Waals surface area contributed by atoms with Crippen LogP contribution >= 0.6 is 22.9 Å². The van der Waals surface area contributed by atoms with Crippen molar-refractivity contribution in [2.75, 3.05) is 12.4 Å². The number of nitrogens with one attached hydrogen (secondary N) is 1. The summed E-state index contributed by atoms with van der Waals surface area (Å²) in [6.07, 6.45) is -4.58. The first-order valence-corrected chi connectivity index (χ1v) is 5.99. The van der Waals surface area contributed by atoms with Crippen molar-refractivity contribution in [3.8, 4) is 10.6 Å². The average Bonchev–Trinajstić information content (AvgIpc) is 2.74. The molecule has 0 aliphatic carbocycles. The van der Waals surface area contributed by atoms with E-state index in [9.17, 15) is 13.2 Å². The molecule has 0 aliphatic rings. The van der Waals surface area contributed by atoms with E-state index in [2.05, 4.69) is 15.3 Å². The Morgan fingerprint density at radius 3 is 2.50 bits per heavy atom. The fourth-order valence-electron chi connectivity index (χ4n) is 1.28. The minimum absolute atomic E-state index is 0.108. The van der Waals surface area contributed by atoms with E-state index in [1.165, 1.54) is 13.1 Å². The minimum atomic E-state index is -4.58. The highest BCUT2D eigenvalue weighted by molar-refractivity contribution is 7.19. The molecule has 0 spiro atoms. The van der Waals surface area contributed by atoms with E-state index in [0.29, 0.717) is 9.21 Å². The third kappa shape index (κ3) is 2.73. The lowest BCUT2D eigenvalue weighted by molar-refractivity contribution is -0.144. The van der Waals surface area contributed by atoms with Gasteiger partial charge in [-0.3, -0.25) is 0 Å². The standard InChI is InChI=1S/C10H7ClF3N3S/c1-15-8-4-5(6-2-3-7(11)18-6)16-9(17-8)10(12,13)14/h2-4H,1H3,(H,15,16,17). The van der Waals surface area contributed by atoms with Crippen molar-refractivity contribution < 1.29 is 13.2 Å².